The maximum absolute atomic E-state index is 13.6. The summed E-state index contributed by atoms with van der Waals surface area (Å²) in [5, 5.41) is 0. The van der Waals surface area contributed by atoms with Gasteiger partial charge in [-0.25, -0.2) is 18.7 Å². The molecule has 49 heavy (non-hydrogen) atoms. The van der Waals surface area contributed by atoms with E-state index in [1.54, 1.807) is 21.3 Å². The normalized spacial score (nSPS) is 16.9. The van der Waals surface area contributed by atoms with E-state index in [1.807, 2.05) is 20.8 Å². The average molecular weight is 680 g/mol. The number of halogens is 2. The number of fused-ring (bicyclic) bond motifs is 2. The van der Waals surface area contributed by atoms with Gasteiger partial charge >= 0.3 is 5.97 Å². The lowest BCUT2D eigenvalue weighted by Crippen LogP contribution is -2.41. The molecule has 0 aliphatic carbocycles. The fourth-order valence-corrected chi connectivity index (χ4v) is 6.42. The third-order valence-corrected chi connectivity index (χ3v) is 9.11. The molecule has 0 radical (unpaired) electrons. The zero-order valence-electron chi connectivity index (χ0n) is 28.6. The van der Waals surface area contributed by atoms with Crippen LogP contribution in [-0.2, 0) is 22.6 Å². The first-order chi connectivity index (χ1) is 23.3. The number of piperidine rings is 2. The molecular formula is C36H47F2N7O4. The lowest BCUT2D eigenvalue weighted by atomic mass is 9.93. The van der Waals surface area contributed by atoms with Gasteiger partial charge in [0.2, 0.25) is 0 Å². The quantitative estimate of drug-likeness (QED) is 0.276. The molecule has 0 amide bonds. The molecule has 0 saturated carbocycles. The van der Waals surface area contributed by atoms with Crippen molar-refractivity contribution in [1.29, 1.82) is 0 Å². The first-order valence-corrected chi connectivity index (χ1v) is 17.1. The van der Waals surface area contributed by atoms with Crippen molar-refractivity contribution in [1.82, 2.24) is 28.9 Å². The Labute approximate surface area is 284 Å². The van der Waals surface area contributed by atoms with E-state index < -0.39 is 5.60 Å². The molecule has 2 aliphatic heterocycles. The van der Waals surface area contributed by atoms with Crippen molar-refractivity contribution in [3.05, 3.63) is 81.1 Å². The van der Waals surface area contributed by atoms with Crippen LogP contribution in [0.1, 0.15) is 52.9 Å². The molecule has 2 aliphatic rings. The van der Waals surface area contributed by atoms with Crippen molar-refractivity contribution in [2.75, 3.05) is 39.3 Å². The first-order valence-electron chi connectivity index (χ1n) is 17.1. The standard InChI is InChI=1S/C21H28FN3O3.C15H19FN4O/c1-21(2,3)28-20(27)12-15-6-8-24(9-7-15)10-11-25-18-13-16(22)4-5-17(18)23-14-19(25)26;16-11-1-2-13-14(9-11)20(15(21)10-18-13)8-7-19-5-3-12(17)4-6-19/h4-5,13-15H,6-12H2,1-3H3;1-2,9-10,12H,3-8,17H2. The Kier molecular flexibility index (Phi) is 11.9. The highest BCUT2D eigenvalue weighted by Crippen LogP contribution is 2.23. The van der Waals surface area contributed by atoms with Crippen molar-refractivity contribution < 1.29 is 18.3 Å². The Morgan fingerprint density at radius 2 is 1.22 bits per heavy atom. The first kappa shape index (κ1) is 36.2. The highest BCUT2D eigenvalue weighted by atomic mass is 19.1. The number of benzene rings is 2. The van der Waals surface area contributed by atoms with Gasteiger partial charge in [-0.05, 0) is 115 Å². The van der Waals surface area contributed by atoms with Gasteiger partial charge < -0.3 is 29.4 Å². The number of carbonyl (C=O) groups excluding carboxylic acids is 1. The van der Waals surface area contributed by atoms with Crippen LogP contribution < -0.4 is 16.9 Å². The van der Waals surface area contributed by atoms with Gasteiger partial charge in [-0.3, -0.25) is 14.4 Å². The number of aromatic nitrogens is 4. The second kappa shape index (κ2) is 16.1. The van der Waals surface area contributed by atoms with Crippen LogP contribution in [0.5, 0.6) is 0 Å². The minimum Gasteiger partial charge on any atom is -0.460 e. The zero-order valence-corrected chi connectivity index (χ0v) is 28.6. The van der Waals surface area contributed by atoms with Crippen LogP contribution in [-0.4, -0.2) is 85.8 Å². The van der Waals surface area contributed by atoms with Gasteiger partial charge in [0.1, 0.15) is 17.2 Å². The van der Waals surface area contributed by atoms with E-state index in [0.717, 1.165) is 58.4 Å². The van der Waals surface area contributed by atoms with Crippen LogP contribution in [0.15, 0.2) is 58.4 Å². The smallest absolute Gasteiger partial charge is 0.306 e. The van der Waals surface area contributed by atoms with Crippen molar-refractivity contribution in [2.45, 2.75) is 77.6 Å². The van der Waals surface area contributed by atoms with Gasteiger partial charge in [-0.1, -0.05) is 0 Å². The summed E-state index contributed by atoms with van der Waals surface area (Å²) < 4.78 is 35.6. The predicted molar refractivity (Wildman–Crippen MR) is 185 cm³/mol. The summed E-state index contributed by atoms with van der Waals surface area (Å²) in [6.07, 6.45) is 6.87. The molecule has 13 heteroatoms. The summed E-state index contributed by atoms with van der Waals surface area (Å²) in [6, 6.07) is 8.91. The highest BCUT2D eigenvalue weighted by molar-refractivity contribution is 5.75. The van der Waals surface area contributed by atoms with E-state index in [-0.39, 0.29) is 28.7 Å². The van der Waals surface area contributed by atoms with Crippen molar-refractivity contribution in [3.8, 4) is 0 Å². The second-order valence-corrected chi connectivity index (χ2v) is 14.0. The van der Waals surface area contributed by atoms with Gasteiger partial charge in [0.15, 0.2) is 0 Å². The number of ether oxygens (including phenoxy) is 1. The molecular weight excluding hydrogens is 632 g/mol. The van der Waals surface area contributed by atoms with E-state index in [2.05, 4.69) is 19.8 Å². The number of hydrogen-bond donors (Lipinski definition) is 1. The van der Waals surface area contributed by atoms with Gasteiger partial charge in [-0.2, -0.15) is 0 Å². The third-order valence-electron chi connectivity index (χ3n) is 9.11. The summed E-state index contributed by atoms with van der Waals surface area (Å²) in [6.45, 7) is 11.8. The largest absolute Gasteiger partial charge is 0.460 e. The molecule has 2 saturated heterocycles. The monoisotopic (exact) mass is 679 g/mol. The Morgan fingerprint density at radius 1 is 0.776 bits per heavy atom. The number of hydrogen-bond acceptors (Lipinski definition) is 9. The SMILES string of the molecule is CC(C)(C)OC(=O)CC1CCN(CCn2c(=O)cnc3ccc(F)cc32)CC1.NC1CCN(CCn2c(=O)cnc3ccc(F)cc32)CC1. The number of likely N-dealkylation sites (tertiary alicyclic amines) is 2. The number of carbonyl (C=O) groups is 1. The molecule has 6 rings (SSSR count). The Hall–Kier alpha value is -4.07. The van der Waals surface area contributed by atoms with Gasteiger partial charge in [0.05, 0.1) is 34.5 Å². The van der Waals surface area contributed by atoms with Crippen LogP contribution in [0.2, 0.25) is 0 Å². The van der Waals surface area contributed by atoms with E-state index in [9.17, 15) is 23.2 Å². The molecule has 2 aromatic heterocycles. The summed E-state index contributed by atoms with van der Waals surface area (Å²) in [5.41, 5.74) is 7.34. The van der Waals surface area contributed by atoms with Crippen molar-refractivity contribution in [2.24, 2.45) is 11.7 Å². The molecule has 264 valence electrons. The second-order valence-electron chi connectivity index (χ2n) is 14.0. The van der Waals surface area contributed by atoms with E-state index in [4.69, 9.17) is 10.5 Å². The molecule has 0 atom stereocenters. The summed E-state index contributed by atoms with van der Waals surface area (Å²) in [7, 11) is 0. The Bertz CT molecular complexity index is 1860. The van der Waals surface area contributed by atoms with Crippen LogP contribution in [0.3, 0.4) is 0 Å². The Morgan fingerprint density at radius 3 is 1.67 bits per heavy atom. The van der Waals surface area contributed by atoms with Crippen molar-refractivity contribution in [3.63, 3.8) is 0 Å². The summed E-state index contributed by atoms with van der Waals surface area (Å²) >= 11 is 0. The number of rotatable bonds is 8. The van der Waals surface area contributed by atoms with Gasteiger partial charge in [0.25, 0.3) is 11.1 Å². The third kappa shape index (κ3) is 10.2. The zero-order chi connectivity index (χ0) is 35.1. The minimum absolute atomic E-state index is 0.136. The van der Waals surface area contributed by atoms with Crippen LogP contribution in [0.25, 0.3) is 22.1 Å². The fraction of sp³-hybridized carbons (Fsp3) is 0.528. The lowest BCUT2D eigenvalue weighted by molar-refractivity contribution is -0.156. The summed E-state index contributed by atoms with van der Waals surface area (Å²) in [4.78, 5) is 48.9. The van der Waals surface area contributed by atoms with Crippen LogP contribution in [0, 0.1) is 17.6 Å². The molecule has 2 N–H and O–H groups in total. The minimum atomic E-state index is -0.447. The van der Waals surface area contributed by atoms with E-state index in [0.29, 0.717) is 60.1 Å². The number of esters is 1. The number of nitrogens with zero attached hydrogens (tertiary/aromatic N) is 6. The Balaban J connectivity index is 0.000000199. The predicted octanol–water partition coefficient (Wildman–Crippen LogP) is 3.94. The van der Waals surface area contributed by atoms with Gasteiger partial charge in [-0.15, -0.1) is 0 Å². The van der Waals surface area contributed by atoms with Gasteiger partial charge in [0, 0.05) is 38.6 Å². The molecule has 2 fully saturated rings. The van der Waals surface area contributed by atoms with E-state index in [1.165, 1.54) is 36.7 Å². The van der Waals surface area contributed by atoms with Crippen LogP contribution >= 0.6 is 0 Å². The van der Waals surface area contributed by atoms with E-state index >= 15 is 0 Å². The fourth-order valence-electron chi connectivity index (χ4n) is 6.42. The molecule has 0 unspecified atom stereocenters. The average Bonchev–Trinajstić information content (AvgIpc) is 3.05. The van der Waals surface area contributed by atoms with Crippen molar-refractivity contribution >= 4 is 28.0 Å². The lowest BCUT2D eigenvalue weighted by Gasteiger charge is -2.32. The van der Waals surface area contributed by atoms with Crippen LogP contribution in [0.4, 0.5) is 8.78 Å². The maximum atomic E-state index is 13.6. The topological polar surface area (TPSA) is 129 Å². The molecule has 0 bridgehead atoms. The molecule has 4 aromatic rings. The maximum Gasteiger partial charge on any atom is 0.306 e. The molecule has 2 aromatic carbocycles. The highest BCUT2D eigenvalue weighted by Gasteiger charge is 2.24. The molecule has 0 spiro atoms. The number of nitrogens with two attached hydrogens (primary N) is 1. The molecule has 11 nitrogen and oxygen atoms in total. The summed E-state index contributed by atoms with van der Waals surface area (Å²) in [5.74, 6) is -0.531. The molecule has 4 heterocycles.